The number of aromatic nitrogens is 3. The SMILES string of the molecule is CC(C)c1ccc(NC(=O)N2CCC[C@H](n3ccnn3)C2)cc1F. The molecule has 6 nitrogen and oxygen atoms in total. The topological polar surface area (TPSA) is 63.1 Å². The lowest BCUT2D eigenvalue weighted by atomic mass is 10.0. The number of halogens is 1. The summed E-state index contributed by atoms with van der Waals surface area (Å²) in [6, 6.07) is 4.77. The van der Waals surface area contributed by atoms with Gasteiger partial charge in [-0.25, -0.2) is 13.9 Å². The number of piperidine rings is 1. The summed E-state index contributed by atoms with van der Waals surface area (Å²) in [6.07, 6.45) is 5.31. The maximum Gasteiger partial charge on any atom is 0.321 e. The normalized spacial score (nSPS) is 18.0. The molecule has 1 aromatic carbocycles. The highest BCUT2D eigenvalue weighted by Gasteiger charge is 2.25. The maximum absolute atomic E-state index is 14.1. The van der Waals surface area contributed by atoms with Crippen molar-refractivity contribution in [1.82, 2.24) is 19.9 Å². The third kappa shape index (κ3) is 3.55. The molecule has 0 spiro atoms. The van der Waals surface area contributed by atoms with Gasteiger partial charge in [0.1, 0.15) is 5.82 Å². The summed E-state index contributed by atoms with van der Waals surface area (Å²) in [5.41, 5.74) is 1.13. The molecule has 1 aliphatic heterocycles. The van der Waals surface area contributed by atoms with Gasteiger partial charge < -0.3 is 10.2 Å². The lowest BCUT2D eigenvalue weighted by Crippen LogP contribution is -2.43. The van der Waals surface area contributed by atoms with Gasteiger partial charge in [0.2, 0.25) is 0 Å². The van der Waals surface area contributed by atoms with E-state index in [0.717, 1.165) is 12.8 Å². The van der Waals surface area contributed by atoms with Crippen LogP contribution in [0.25, 0.3) is 0 Å². The molecule has 1 saturated heterocycles. The molecule has 24 heavy (non-hydrogen) atoms. The fraction of sp³-hybridized carbons (Fsp3) is 0.471. The third-order valence-corrected chi connectivity index (χ3v) is 4.37. The Labute approximate surface area is 140 Å². The van der Waals surface area contributed by atoms with Gasteiger partial charge in [0.15, 0.2) is 0 Å². The maximum atomic E-state index is 14.1. The van der Waals surface area contributed by atoms with Gasteiger partial charge in [-0.2, -0.15) is 0 Å². The first-order valence-electron chi connectivity index (χ1n) is 8.26. The Hall–Kier alpha value is -2.44. The molecule has 7 heteroatoms. The van der Waals surface area contributed by atoms with E-state index in [-0.39, 0.29) is 23.8 Å². The fourth-order valence-electron chi connectivity index (χ4n) is 3.04. The molecule has 0 aliphatic carbocycles. The molecule has 1 fully saturated rings. The minimum absolute atomic E-state index is 0.111. The number of anilines is 1. The van der Waals surface area contributed by atoms with Crippen LogP contribution in [0.4, 0.5) is 14.9 Å². The highest BCUT2D eigenvalue weighted by molar-refractivity contribution is 5.89. The van der Waals surface area contributed by atoms with E-state index < -0.39 is 0 Å². The van der Waals surface area contributed by atoms with E-state index in [1.54, 1.807) is 27.9 Å². The Morgan fingerprint density at radius 3 is 2.92 bits per heavy atom. The molecule has 1 aliphatic rings. The number of amides is 2. The number of likely N-dealkylation sites (tertiary alicyclic amines) is 1. The second kappa shape index (κ2) is 6.98. The summed E-state index contributed by atoms with van der Waals surface area (Å²) < 4.78 is 15.8. The van der Waals surface area contributed by atoms with Crippen molar-refractivity contribution >= 4 is 11.7 Å². The molecule has 0 radical (unpaired) electrons. The summed E-state index contributed by atoms with van der Waals surface area (Å²) in [5.74, 6) is -0.178. The first-order chi connectivity index (χ1) is 11.5. The number of benzene rings is 1. The number of carbonyl (C=O) groups is 1. The lowest BCUT2D eigenvalue weighted by Gasteiger charge is -2.32. The second-order valence-electron chi connectivity index (χ2n) is 6.45. The van der Waals surface area contributed by atoms with Gasteiger partial charge in [-0.1, -0.05) is 25.1 Å². The van der Waals surface area contributed by atoms with Gasteiger partial charge in [-0.15, -0.1) is 5.10 Å². The van der Waals surface area contributed by atoms with Crippen LogP contribution in [0, 0.1) is 5.82 Å². The van der Waals surface area contributed by atoms with Crippen LogP contribution >= 0.6 is 0 Å². The largest absolute Gasteiger partial charge is 0.322 e. The summed E-state index contributed by atoms with van der Waals surface area (Å²) in [6.45, 7) is 5.13. The number of carbonyl (C=O) groups excluding carboxylic acids is 1. The number of urea groups is 1. The van der Waals surface area contributed by atoms with Crippen molar-refractivity contribution in [3.63, 3.8) is 0 Å². The van der Waals surface area contributed by atoms with E-state index in [0.29, 0.717) is 24.3 Å². The fourth-order valence-corrected chi connectivity index (χ4v) is 3.04. The molecule has 2 heterocycles. The van der Waals surface area contributed by atoms with Crippen LogP contribution in [0.1, 0.15) is 44.2 Å². The molecule has 1 aromatic heterocycles. The van der Waals surface area contributed by atoms with Crippen molar-refractivity contribution in [2.45, 2.75) is 38.6 Å². The Balaban J connectivity index is 1.65. The Kier molecular flexibility index (Phi) is 4.78. The van der Waals surface area contributed by atoms with E-state index >= 15 is 0 Å². The first kappa shape index (κ1) is 16.4. The van der Waals surface area contributed by atoms with Crippen LogP contribution in [-0.4, -0.2) is 39.0 Å². The Morgan fingerprint density at radius 2 is 2.25 bits per heavy atom. The van der Waals surface area contributed by atoms with Gasteiger partial charge in [-0.3, -0.25) is 0 Å². The monoisotopic (exact) mass is 331 g/mol. The van der Waals surface area contributed by atoms with Crippen LogP contribution in [0.2, 0.25) is 0 Å². The molecule has 0 bridgehead atoms. The third-order valence-electron chi connectivity index (χ3n) is 4.37. The van der Waals surface area contributed by atoms with E-state index in [1.807, 2.05) is 20.0 Å². The average Bonchev–Trinajstić information content (AvgIpc) is 3.09. The van der Waals surface area contributed by atoms with Gasteiger partial charge >= 0.3 is 6.03 Å². The molecule has 128 valence electrons. The molecule has 3 rings (SSSR count). The van der Waals surface area contributed by atoms with Gasteiger partial charge in [-0.05, 0) is 36.5 Å². The van der Waals surface area contributed by atoms with E-state index in [1.165, 1.54) is 6.07 Å². The smallest absolute Gasteiger partial charge is 0.321 e. The van der Waals surface area contributed by atoms with Crippen LogP contribution in [-0.2, 0) is 0 Å². The van der Waals surface area contributed by atoms with Gasteiger partial charge in [0, 0.05) is 25.0 Å². The van der Waals surface area contributed by atoms with Crippen LogP contribution < -0.4 is 5.32 Å². The Bertz CT molecular complexity index is 701. The number of nitrogens with zero attached hydrogens (tertiary/aromatic N) is 4. The summed E-state index contributed by atoms with van der Waals surface area (Å²) in [5, 5.41) is 10.6. The average molecular weight is 331 g/mol. The van der Waals surface area contributed by atoms with Crippen molar-refractivity contribution in [3.05, 3.63) is 42.0 Å². The second-order valence-corrected chi connectivity index (χ2v) is 6.45. The Morgan fingerprint density at radius 1 is 1.42 bits per heavy atom. The zero-order valence-corrected chi connectivity index (χ0v) is 13.9. The predicted molar refractivity (Wildman–Crippen MR) is 89.4 cm³/mol. The molecule has 1 N–H and O–H groups in total. The molecular weight excluding hydrogens is 309 g/mol. The van der Waals surface area contributed by atoms with E-state index in [2.05, 4.69) is 15.6 Å². The van der Waals surface area contributed by atoms with Crippen molar-refractivity contribution < 1.29 is 9.18 Å². The molecule has 0 saturated carbocycles. The minimum atomic E-state index is -0.290. The number of nitrogens with one attached hydrogen (secondary N) is 1. The molecule has 1 atom stereocenters. The van der Waals surface area contributed by atoms with Crippen LogP contribution in [0.5, 0.6) is 0 Å². The molecule has 0 unspecified atom stereocenters. The van der Waals surface area contributed by atoms with Gasteiger partial charge in [0.05, 0.1) is 12.2 Å². The first-order valence-corrected chi connectivity index (χ1v) is 8.26. The predicted octanol–water partition coefficient (Wildman–Crippen LogP) is 3.41. The molecule has 2 amide bonds. The zero-order chi connectivity index (χ0) is 17.1. The van der Waals surface area contributed by atoms with E-state index in [9.17, 15) is 9.18 Å². The highest BCUT2D eigenvalue weighted by atomic mass is 19.1. The molecule has 2 aromatic rings. The van der Waals surface area contributed by atoms with Crippen LogP contribution in [0.3, 0.4) is 0 Å². The van der Waals surface area contributed by atoms with Gasteiger partial charge in [0.25, 0.3) is 0 Å². The summed E-state index contributed by atoms with van der Waals surface area (Å²) in [7, 11) is 0. The minimum Gasteiger partial charge on any atom is -0.322 e. The molecular formula is C17H22FN5O. The van der Waals surface area contributed by atoms with Crippen molar-refractivity contribution in [3.8, 4) is 0 Å². The summed E-state index contributed by atoms with van der Waals surface area (Å²) in [4.78, 5) is 14.2. The standard InChI is InChI=1S/C17H22FN5O/c1-12(2)15-6-5-13(10-16(15)18)20-17(24)22-8-3-4-14(11-22)23-9-7-19-21-23/h5-7,9-10,12,14H,3-4,8,11H2,1-2H3,(H,20,24)/t14-/m0/s1. The number of hydrogen-bond acceptors (Lipinski definition) is 3. The quantitative estimate of drug-likeness (QED) is 0.937. The lowest BCUT2D eigenvalue weighted by molar-refractivity contribution is 0.174. The van der Waals surface area contributed by atoms with Crippen molar-refractivity contribution in [1.29, 1.82) is 0 Å². The van der Waals surface area contributed by atoms with E-state index in [4.69, 9.17) is 0 Å². The highest BCUT2D eigenvalue weighted by Crippen LogP contribution is 2.23. The van der Waals surface area contributed by atoms with Crippen molar-refractivity contribution in [2.24, 2.45) is 0 Å². The summed E-state index contributed by atoms with van der Waals surface area (Å²) >= 11 is 0. The van der Waals surface area contributed by atoms with Crippen molar-refractivity contribution in [2.75, 3.05) is 18.4 Å². The van der Waals surface area contributed by atoms with Crippen LogP contribution in [0.15, 0.2) is 30.6 Å². The number of hydrogen-bond donors (Lipinski definition) is 1. The zero-order valence-electron chi connectivity index (χ0n) is 13.9. The number of rotatable bonds is 3.